The molecule has 0 aliphatic carbocycles. The van der Waals surface area contributed by atoms with Gasteiger partial charge in [-0.25, -0.2) is 4.79 Å². The Labute approximate surface area is 220 Å². The average Bonchev–Trinajstić information content (AvgIpc) is 3.25. The van der Waals surface area contributed by atoms with E-state index in [9.17, 15) is 9.59 Å². The van der Waals surface area contributed by atoms with E-state index in [2.05, 4.69) is 10.5 Å². The van der Waals surface area contributed by atoms with E-state index < -0.39 is 6.09 Å². The summed E-state index contributed by atoms with van der Waals surface area (Å²) in [6.45, 7) is 4.09. The Bertz CT molecular complexity index is 1360. The van der Waals surface area contributed by atoms with Gasteiger partial charge < -0.3 is 14.0 Å². The van der Waals surface area contributed by atoms with Gasteiger partial charge in [0.05, 0.1) is 19.6 Å². The first-order chi connectivity index (χ1) is 17.9. The monoisotopic (exact) mass is 518 g/mol. The number of rotatable bonds is 9. The summed E-state index contributed by atoms with van der Waals surface area (Å²) in [6.07, 6.45) is 0.156. The first-order valence-electron chi connectivity index (χ1n) is 11.9. The molecule has 8 heteroatoms. The van der Waals surface area contributed by atoms with Crippen molar-refractivity contribution in [3.8, 4) is 22.5 Å². The molecule has 0 atom stereocenters. The van der Waals surface area contributed by atoms with E-state index >= 15 is 0 Å². The summed E-state index contributed by atoms with van der Waals surface area (Å²) in [5.41, 5.74) is 5.57. The number of benzene rings is 3. The molecule has 0 radical (unpaired) electrons. The first kappa shape index (κ1) is 26.0. The molecular weight excluding hydrogens is 492 g/mol. The van der Waals surface area contributed by atoms with E-state index in [1.165, 1.54) is 0 Å². The van der Waals surface area contributed by atoms with Gasteiger partial charge >= 0.3 is 12.1 Å². The smallest absolute Gasteiger partial charge is 0.411 e. The van der Waals surface area contributed by atoms with Crippen molar-refractivity contribution in [1.82, 2.24) is 5.16 Å². The zero-order valence-electron chi connectivity index (χ0n) is 20.6. The van der Waals surface area contributed by atoms with E-state index in [-0.39, 0.29) is 19.0 Å². The Morgan fingerprint density at radius 2 is 1.57 bits per heavy atom. The van der Waals surface area contributed by atoms with Crippen molar-refractivity contribution in [3.63, 3.8) is 0 Å². The van der Waals surface area contributed by atoms with Gasteiger partial charge in [-0.2, -0.15) is 0 Å². The van der Waals surface area contributed by atoms with E-state index in [0.29, 0.717) is 35.2 Å². The molecule has 3 aromatic carbocycles. The van der Waals surface area contributed by atoms with E-state index in [0.717, 1.165) is 27.8 Å². The molecule has 0 aliphatic rings. The van der Waals surface area contributed by atoms with Crippen molar-refractivity contribution >= 4 is 29.4 Å². The number of hydrogen-bond acceptors (Lipinski definition) is 6. The molecule has 0 bridgehead atoms. The highest BCUT2D eigenvalue weighted by molar-refractivity contribution is 6.31. The van der Waals surface area contributed by atoms with Crippen molar-refractivity contribution < 1.29 is 23.6 Å². The maximum atomic E-state index is 12.4. The highest BCUT2D eigenvalue weighted by Gasteiger charge is 2.18. The molecule has 1 amide bonds. The Morgan fingerprint density at radius 3 is 2.24 bits per heavy atom. The number of hydrogen-bond donors (Lipinski definition) is 1. The number of nitrogens with zero attached hydrogens (tertiary/aromatic N) is 1. The molecule has 4 aromatic rings. The first-order valence-corrected chi connectivity index (χ1v) is 12.3. The third-order valence-electron chi connectivity index (χ3n) is 5.74. The lowest BCUT2D eigenvalue weighted by Crippen LogP contribution is -2.16. The summed E-state index contributed by atoms with van der Waals surface area (Å²) in [6, 6.07) is 22.9. The number of carbonyl (C=O) groups excluding carboxylic acids is 2. The quantitative estimate of drug-likeness (QED) is 0.243. The van der Waals surface area contributed by atoms with Crippen LogP contribution in [0.3, 0.4) is 0 Å². The molecular formula is C29H27ClN2O5. The second kappa shape index (κ2) is 12.2. The number of aryl methyl sites for hydroxylation is 1. The van der Waals surface area contributed by atoms with Crippen molar-refractivity contribution in [1.29, 1.82) is 0 Å². The predicted molar refractivity (Wildman–Crippen MR) is 143 cm³/mol. The lowest BCUT2D eigenvalue weighted by atomic mass is 10.0. The minimum atomic E-state index is -0.598. The number of halogens is 1. The Morgan fingerprint density at radius 1 is 0.919 bits per heavy atom. The second-order valence-electron chi connectivity index (χ2n) is 8.33. The molecule has 0 spiro atoms. The van der Waals surface area contributed by atoms with Crippen LogP contribution in [0.25, 0.3) is 22.5 Å². The molecule has 1 heterocycles. The molecule has 7 nitrogen and oxygen atoms in total. The number of esters is 1. The molecule has 37 heavy (non-hydrogen) atoms. The van der Waals surface area contributed by atoms with Gasteiger partial charge in [0.1, 0.15) is 11.4 Å². The minimum Gasteiger partial charge on any atom is -0.466 e. The van der Waals surface area contributed by atoms with Gasteiger partial charge in [0.25, 0.3) is 0 Å². The summed E-state index contributed by atoms with van der Waals surface area (Å²) < 4.78 is 15.8. The number of nitrogens with one attached hydrogen (secondary N) is 1. The van der Waals surface area contributed by atoms with Crippen molar-refractivity contribution in [3.05, 3.63) is 94.6 Å². The van der Waals surface area contributed by atoms with Crippen molar-refractivity contribution in [2.24, 2.45) is 0 Å². The topological polar surface area (TPSA) is 90.7 Å². The fraction of sp³-hybridized carbons (Fsp3) is 0.207. The normalized spacial score (nSPS) is 10.7. The Balaban J connectivity index is 1.39. The molecule has 0 saturated heterocycles. The number of aromatic nitrogens is 1. The number of carbonyl (C=O) groups is 2. The summed E-state index contributed by atoms with van der Waals surface area (Å²) >= 11 is 6.16. The standard InChI is InChI=1S/C29H27ClN2O5/c1-3-35-26(33)18-20-8-10-21(11-9-20)22-12-14-24(15-13-22)28-27(19(2)32-37-28)31-29(34)36-17-16-23-6-4-5-7-25(23)30/h4-15H,3,16-18H2,1-2H3,(H,31,34). The average molecular weight is 519 g/mol. The van der Waals surface area contributed by atoms with Crippen LogP contribution < -0.4 is 5.32 Å². The summed E-state index contributed by atoms with van der Waals surface area (Å²) in [4.78, 5) is 24.1. The van der Waals surface area contributed by atoms with Gasteiger partial charge in [-0.3, -0.25) is 10.1 Å². The molecule has 0 unspecified atom stereocenters. The SMILES string of the molecule is CCOC(=O)Cc1ccc(-c2ccc(-c3onc(C)c3NC(=O)OCCc3ccccc3Cl)cc2)cc1. The molecule has 0 saturated carbocycles. The maximum absolute atomic E-state index is 12.4. The second-order valence-corrected chi connectivity index (χ2v) is 8.74. The lowest BCUT2D eigenvalue weighted by Gasteiger charge is -2.09. The van der Waals surface area contributed by atoms with Gasteiger partial charge in [-0.1, -0.05) is 83.5 Å². The lowest BCUT2D eigenvalue weighted by molar-refractivity contribution is -0.142. The van der Waals surface area contributed by atoms with Crippen LogP contribution in [-0.2, 0) is 27.1 Å². The Hall–Kier alpha value is -4.10. The fourth-order valence-corrected chi connectivity index (χ4v) is 4.04. The zero-order chi connectivity index (χ0) is 26.2. The number of anilines is 1. The van der Waals surface area contributed by atoms with E-state index in [1.807, 2.05) is 66.7 Å². The van der Waals surface area contributed by atoms with Crippen LogP contribution in [0.1, 0.15) is 23.7 Å². The molecule has 4 rings (SSSR count). The molecule has 1 N–H and O–H groups in total. The van der Waals surface area contributed by atoms with Gasteiger partial charge in [0.2, 0.25) is 0 Å². The van der Waals surface area contributed by atoms with E-state index in [4.69, 9.17) is 25.6 Å². The van der Waals surface area contributed by atoms with E-state index in [1.54, 1.807) is 19.9 Å². The summed E-state index contributed by atoms with van der Waals surface area (Å²) in [7, 11) is 0. The zero-order valence-corrected chi connectivity index (χ0v) is 21.4. The largest absolute Gasteiger partial charge is 0.466 e. The van der Waals surface area contributed by atoms with Gasteiger partial charge in [-0.05, 0) is 42.2 Å². The van der Waals surface area contributed by atoms with Gasteiger partial charge in [0, 0.05) is 17.0 Å². The highest BCUT2D eigenvalue weighted by Crippen LogP contribution is 2.32. The van der Waals surface area contributed by atoms with Crippen molar-refractivity contribution in [2.75, 3.05) is 18.5 Å². The van der Waals surface area contributed by atoms with Crippen LogP contribution in [-0.4, -0.2) is 30.4 Å². The van der Waals surface area contributed by atoms with Crippen molar-refractivity contribution in [2.45, 2.75) is 26.7 Å². The molecule has 0 aliphatic heterocycles. The predicted octanol–water partition coefficient (Wildman–Crippen LogP) is 6.87. The number of amides is 1. The molecule has 0 fully saturated rings. The van der Waals surface area contributed by atoms with Crippen LogP contribution in [0.4, 0.5) is 10.5 Å². The fourth-order valence-electron chi connectivity index (χ4n) is 3.81. The van der Waals surface area contributed by atoms with Crippen LogP contribution >= 0.6 is 11.6 Å². The highest BCUT2D eigenvalue weighted by atomic mass is 35.5. The van der Waals surface area contributed by atoms with Gasteiger partial charge in [0.15, 0.2) is 5.76 Å². The van der Waals surface area contributed by atoms with Crippen LogP contribution in [0.2, 0.25) is 5.02 Å². The maximum Gasteiger partial charge on any atom is 0.411 e. The number of ether oxygens (including phenoxy) is 2. The van der Waals surface area contributed by atoms with Crippen LogP contribution in [0.5, 0.6) is 0 Å². The van der Waals surface area contributed by atoms with Crippen LogP contribution in [0.15, 0.2) is 77.3 Å². The molecule has 190 valence electrons. The summed E-state index contributed by atoms with van der Waals surface area (Å²) in [5, 5.41) is 7.40. The van der Waals surface area contributed by atoms with Crippen LogP contribution in [0, 0.1) is 6.92 Å². The Kier molecular flexibility index (Phi) is 8.59. The summed E-state index contributed by atoms with van der Waals surface area (Å²) in [5.74, 6) is 0.202. The third-order valence-corrected chi connectivity index (χ3v) is 6.11. The van der Waals surface area contributed by atoms with Gasteiger partial charge in [-0.15, -0.1) is 0 Å². The molecule has 1 aromatic heterocycles. The minimum absolute atomic E-state index is 0.183. The third kappa shape index (κ3) is 6.77.